The predicted molar refractivity (Wildman–Crippen MR) is 73.4 cm³/mol. The zero-order valence-corrected chi connectivity index (χ0v) is 12.0. The highest BCUT2D eigenvalue weighted by atomic mass is 16.5. The molecule has 1 aromatic heterocycles. The second-order valence-electron chi connectivity index (χ2n) is 6.33. The van der Waals surface area contributed by atoms with Gasteiger partial charge in [0.15, 0.2) is 0 Å². The van der Waals surface area contributed by atoms with Gasteiger partial charge < -0.3 is 10.5 Å². The molecule has 1 aliphatic carbocycles. The molecule has 0 aromatic carbocycles. The van der Waals surface area contributed by atoms with E-state index in [9.17, 15) is 0 Å². The zero-order valence-electron chi connectivity index (χ0n) is 12.0. The van der Waals surface area contributed by atoms with Crippen LogP contribution in [0.4, 0.5) is 0 Å². The van der Waals surface area contributed by atoms with Crippen LogP contribution in [0.3, 0.4) is 0 Å². The number of pyridine rings is 1. The highest BCUT2D eigenvalue weighted by molar-refractivity contribution is 5.30. The Morgan fingerprint density at radius 2 is 1.89 bits per heavy atom. The minimum atomic E-state index is 0.0305. The summed E-state index contributed by atoms with van der Waals surface area (Å²) in [6.07, 6.45) is 3.60. The van der Waals surface area contributed by atoms with Crippen LogP contribution >= 0.6 is 0 Å². The third-order valence-electron chi connectivity index (χ3n) is 4.92. The van der Waals surface area contributed by atoms with E-state index in [0.29, 0.717) is 12.5 Å². The van der Waals surface area contributed by atoms with Gasteiger partial charge in [0.2, 0.25) is 0 Å². The van der Waals surface area contributed by atoms with Gasteiger partial charge in [-0.15, -0.1) is 0 Å². The van der Waals surface area contributed by atoms with Crippen molar-refractivity contribution in [2.45, 2.75) is 40.7 Å². The normalized spacial score (nSPS) is 22.6. The van der Waals surface area contributed by atoms with E-state index in [4.69, 9.17) is 10.5 Å². The number of nitrogens with zero attached hydrogens (tertiary/aromatic N) is 1. The number of ether oxygens (including phenoxy) is 1. The van der Waals surface area contributed by atoms with E-state index in [1.165, 1.54) is 0 Å². The van der Waals surface area contributed by atoms with E-state index in [-0.39, 0.29) is 16.9 Å². The molecular formula is C15H24N2O. The summed E-state index contributed by atoms with van der Waals surface area (Å²) in [7, 11) is 0. The first-order chi connectivity index (χ1) is 8.32. The van der Waals surface area contributed by atoms with Crippen LogP contribution in [-0.2, 0) is 0 Å². The SMILES string of the molecule is CCOc1cncc(C(N)C2C(C)(C)C2(C)C)c1. The fraction of sp³-hybridized carbons (Fsp3) is 0.667. The summed E-state index contributed by atoms with van der Waals surface area (Å²) >= 11 is 0. The molecule has 3 heteroatoms. The van der Waals surface area contributed by atoms with Crippen LogP contribution in [0.1, 0.15) is 46.2 Å². The molecule has 1 atom stereocenters. The van der Waals surface area contributed by atoms with Crippen LogP contribution in [0, 0.1) is 16.7 Å². The molecule has 1 heterocycles. The van der Waals surface area contributed by atoms with E-state index in [1.807, 2.05) is 19.2 Å². The van der Waals surface area contributed by atoms with Crippen LogP contribution < -0.4 is 10.5 Å². The average molecular weight is 248 g/mol. The minimum absolute atomic E-state index is 0.0305. The minimum Gasteiger partial charge on any atom is -0.492 e. The van der Waals surface area contributed by atoms with Gasteiger partial charge in [-0.05, 0) is 35.3 Å². The Hall–Kier alpha value is -1.09. The van der Waals surface area contributed by atoms with Crippen molar-refractivity contribution in [2.24, 2.45) is 22.5 Å². The first-order valence-corrected chi connectivity index (χ1v) is 6.65. The molecule has 1 saturated carbocycles. The monoisotopic (exact) mass is 248 g/mol. The van der Waals surface area contributed by atoms with Gasteiger partial charge in [-0.2, -0.15) is 0 Å². The molecule has 1 aliphatic rings. The molecule has 3 nitrogen and oxygen atoms in total. The first kappa shape index (κ1) is 13.3. The number of aromatic nitrogens is 1. The Labute approximate surface area is 110 Å². The maximum Gasteiger partial charge on any atom is 0.137 e. The summed E-state index contributed by atoms with van der Waals surface area (Å²) in [6.45, 7) is 11.8. The maximum absolute atomic E-state index is 6.42. The van der Waals surface area contributed by atoms with Gasteiger partial charge in [0.1, 0.15) is 5.75 Å². The highest BCUT2D eigenvalue weighted by Crippen LogP contribution is 2.71. The van der Waals surface area contributed by atoms with Crippen LogP contribution in [-0.4, -0.2) is 11.6 Å². The summed E-state index contributed by atoms with van der Waals surface area (Å²) in [4.78, 5) is 4.23. The van der Waals surface area contributed by atoms with Crippen molar-refractivity contribution in [3.05, 3.63) is 24.0 Å². The van der Waals surface area contributed by atoms with Crippen LogP contribution in [0.15, 0.2) is 18.5 Å². The van der Waals surface area contributed by atoms with Crippen LogP contribution in [0.25, 0.3) is 0 Å². The fourth-order valence-electron chi connectivity index (χ4n) is 3.20. The van der Waals surface area contributed by atoms with Gasteiger partial charge in [-0.1, -0.05) is 27.7 Å². The van der Waals surface area contributed by atoms with Gasteiger partial charge in [0.25, 0.3) is 0 Å². The van der Waals surface area contributed by atoms with Gasteiger partial charge in [0, 0.05) is 12.2 Å². The topological polar surface area (TPSA) is 48.1 Å². The molecule has 0 spiro atoms. The van der Waals surface area contributed by atoms with E-state index in [2.05, 4.69) is 32.7 Å². The zero-order chi connectivity index (χ0) is 13.6. The number of rotatable bonds is 4. The van der Waals surface area contributed by atoms with Crippen molar-refractivity contribution in [3.8, 4) is 5.75 Å². The largest absolute Gasteiger partial charge is 0.492 e. The molecule has 0 radical (unpaired) electrons. The van der Waals surface area contributed by atoms with Crippen molar-refractivity contribution in [3.63, 3.8) is 0 Å². The summed E-state index contributed by atoms with van der Waals surface area (Å²) in [5, 5.41) is 0. The van der Waals surface area contributed by atoms with Gasteiger partial charge in [-0.3, -0.25) is 4.98 Å². The van der Waals surface area contributed by atoms with Crippen molar-refractivity contribution >= 4 is 0 Å². The number of hydrogen-bond donors (Lipinski definition) is 1. The van der Waals surface area contributed by atoms with Crippen molar-refractivity contribution < 1.29 is 4.74 Å². The maximum atomic E-state index is 6.42. The Morgan fingerprint density at radius 3 is 2.39 bits per heavy atom. The Bertz CT molecular complexity index is 426. The van der Waals surface area contributed by atoms with Crippen LogP contribution in [0.2, 0.25) is 0 Å². The summed E-state index contributed by atoms with van der Waals surface area (Å²) in [5.74, 6) is 1.30. The quantitative estimate of drug-likeness (QED) is 0.890. The molecule has 0 amide bonds. The van der Waals surface area contributed by atoms with Crippen molar-refractivity contribution in [1.29, 1.82) is 0 Å². The molecule has 1 aromatic rings. The summed E-state index contributed by atoms with van der Waals surface area (Å²) in [6, 6.07) is 2.05. The molecule has 0 aliphatic heterocycles. The van der Waals surface area contributed by atoms with E-state index < -0.39 is 0 Å². The van der Waals surface area contributed by atoms with E-state index in [0.717, 1.165) is 11.3 Å². The van der Waals surface area contributed by atoms with Gasteiger partial charge in [0.05, 0.1) is 12.8 Å². The summed E-state index contributed by atoms with van der Waals surface area (Å²) < 4.78 is 5.48. The second-order valence-corrected chi connectivity index (χ2v) is 6.33. The molecule has 0 bridgehead atoms. The van der Waals surface area contributed by atoms with Gasteiger partial charge >= 0.3 is 0 Å². The lowest BCUT2D eigenvalue weighted by molar-refractivity contribution is 0.337. The average Bonchev–Trinajstić information content (AvgIpc) is 2.69. The standard InChI is InChI=1S/C15H24N2O/c1-6-18-11-7-10(8-17-9-11)12(16)13-14(2,3)15(13,4)5/h7-9,12-13H,6,16H2,1-5H3. The molecule has 2 rings (SSSR count). The Kier molecular flexibility index (Phi) is 3.14. The number of nitrogens with two attached hydrogens (primary N) is 1. The molecule has 18 heavy (non-hydrogen) atoms. The second kappa shape index (κ2) is 4.23. The van der Waals surface area contributed by atoms with Crippen molar-refractivity contribution in [1.82, 2.24) is 4.98 Å². The smallest absolute Gasteiger partial charge is 0.137 e. The third-order valence-corrected chi connectivity index (χ3v) is 4.92. The lowest BCUT2D eigenvalue weighted by Crippen LogP contribution is -2.16. The molecule has 2 N–H and O–H groups in total. The summed E-state index contributed by atoms with van der Waals surface area (Å²) in [5.41, 5.74) is 8.07. The third kappa shape index (κ3) is 1.91. The molecular weight excluding hydrogens is 224 g/mol. The lowest BCUT2D eigenvalue weighted by Gasteiger charge is -2.15. The lowest BCUT2D eigenvalue weighted by atomic mass is 9.99. The first-order valence-electron chi connectivity index (χ1n) is 6.65. The predicted octanol–water partition coefficient (Wildman–Crippen LogP) is 3.16. The Morgan fingerprint density at radius 1 is 1.28 bits per heavy atom. The van der Waals surface area contributed by atoms with Gasteiger partial charge in [-0.25, -0.2) is 0 Å². The van der Waals surface area contributed by atoms with Crippen molar-refractivity contribution in [2.75, 3.05) is 6.61 Å². The Balaban J connectivity index is 2.20. The molecule has 0 saturated heterocycles. The fourth-order valence-corrected chi connectivity index (χ4v) is 3.20. The van der Waals surface area contributed by atoms with E-state index in [1.54, 1.807) is 6.20 Å². The van der Waals surface area contributed by atoms with Crippen LogP contribution in [0.5, 0.6) is 5.75 Å². The number of hydrogen-bond acceptors (Lipinski definition) is 3. The van der Waals surface area contributed by atoms with E-state index >= 15 is 0 Å². The molecule has 1 unspecified atom stereocenters. The highest BCUT2D eigenvalue weighted by Gasteiger charge is 2.66. The molecule has 1 fully saturated rings. The molecule has 100 valence electrons.